The van der Waals surface area contributed by atoms with Crippen molar-refractivity contribution in [2.24, 2.45) is 0 Å². The summed E-state index contributed by atoms with van der Waals surface area (Å²) in [7, 11) is 0. The molecule has 1 atom stereocenters. The van der Waals surface area contributed by atoms with Gasteiger partial charge >= 0.3 is 0 Å². The van der Waals surface area contributed by atoms with Gasteiger partial charge in [0, 0.05) is 18.8 Å². The van der Waals surface area contributed by atoms with Crippen molar-refractivity contribution in [3.63, 3.8) is 0 Å². The number of aromatic nitrogens is 1. The molecular formula is C16H16N2O2. The molecule has 0 spiro atoms. The van der Waals surface area contributed by atoms with Gasteiger partial charge in [0.05, 0.1) is 0 Å². The molecule has 0 unspecified atom stereocenters. The summed E-state index contributed by atoms with van der Waals surface area (Å²) in [6.07, 6.45) is 2.35. The Morgan fingerprint density at radius 3 is 2.75 bits per heavy atom. The maximum absolute atomic E-state index is 12.5. The number of nitrogens with zero attached hydrogens (tertiary/aromatic N) is 2. The molecule has 1 aromatic carbocycles. The van der Waals surface area contributed by atoms with E-state index in [-0.39, 0.29) is 23.4 Å². The quantitative estimate of drug-likeness (QED) is 0.864. The van der Waals surface area contributed by atoms with Gasteiger partial charge in [0.2, 0.25) is 0 Å². The van der Waals surface area contributed by atoms with Crippen LogP contribution in [0.2, 0.25) is 0 Å². The van der Waals surface area contributed by atoms with E-state index >= 15 is 0 Å². The normalized spacial score (nSPS) is 17.6. The number of pyridine rings is 1. The fourth-order valence-corrected chi connectivity index (χ4v) is 2.65. The highest BCUT2D eigenvalue weighted by atomic mass is 16.3. The second kappa shape index (κ2) is 4.96. The van der Waals surface area contributed by atoms with Crippen molar-refractivity contribution in [1.29, 1.82) is 0 Å². The second-order valence-corrected chi connectivity index (χ2v) is 5.13. The Hall–Kier alpha value is -2.36. The number of carbonyl (C=O) groups is 1. The zero-order valence-corrected chi connectivity index (χ0v) is 11.3. The molecule has 20 heavy (non-hydrogen) atoms. The van der Waals surface area contributed by atoms with Crippen LogP contribution in [0.3, 0.4) is 0 Å². The number of rotatable bonds is 1. The Balaban J connectivity index is 1.92. The van der Waals surface area contributed by atoms with Gasteiger partial charge in [-0.25, -0.2) is 4.98 Å². The average Bonchev–Trinajstić information content (AvgIpc) is 2.46. The van der Waals surface area contributed by atoms with Crippen LogP contribution in [0.15, 0.2) is 42.6 Å². The molecule has 0 aliphatic carbocycles. The van der Waals surface area contributed by atoms with Crippen LogP contribution >= 0.6 is 0 Å². The first-order valence-electron chi connectivity index (χ1n) is 6.68. The molecule has 0 saturated carbocycles. The van der Waals surface area contributed by atoms with E-state index in [1.165, 1.54) is 17.8 Å². The highest BCUT2D eigenvalue weighted by molar-refractivity contribution is 5.95. The minimum absolute atomic E-state index is 0.0661. The number of benzene rings is 1. The Labute approximate surface area is 117 Å². The molecule has 1 aliphatic heterocycles. The third-order valence-corrected chi connectivity index (χ3v) is 3.76. The van der Waals surface area contributed by atoms with Gasteiger partial charge < -0.3 is 10.0 Å². The van der Waals surface area contributed by atoms with E-state index in [0.717, 1.165) is 12.0 Å². The van der Waals surface area contributed by atoms with Gasteiger partial charge in [-0.15, -0.1) is 0 Å². The largest absolute Gasteiger partial charge is 0.505 e. The van der Waals surface area contributed by atoms with Crippen LogP contribution in [-0.4, -0.2) is 26.9 Å². The predicted molar refractivity (Wildman–Crippen MR) is 75.4 cm³/mol. The maximum Gasteiger partial charge on any atom is 0.276 e. The number of hydrogen-bond donors (Lipinski definition) is 1. The minimum atomic E-state index is -0.217. The van der Waals surface area contributed by atoms with E-state index < -0.39 is 0 Å². The van der Waals surface area contributed by atoms with Crippen LogP contribution in [0.25, 0.3) is 0 Å². The molecule has 0 fully saturated rings. The Kier molecular flexibility index (Phi) is 3.14. The fourth-order valence-electron chi connectivity index (χ4n) is 2.65. The SMILES string of the molecule is C[C@H]1Cc2ccccc2CN1C(=O)c1ncccc1O. The van der Waals surface area contributed by atoms with Gasteiger partial charge in [-0.2, -0.15) is 0 Å². The molecular weight excluding hydrogens is 252 g/mol. The molecule has 2 aromatic rings. The lowest BCUT2D eigenvalue weighted by atomic mass is 9.94. The van der Waals surface area contributed by atoms with Gasteiger partial charge in [0.15, 0.2) is 5.69 Å². The maximum atomic E-state index is 12.5. The smallest absolute Gasteiger partial charge is 0.276 e. The van der Waals surface area contributed by atoms with E-state index in [1.807, 2.05) is 25.1 Å². The first-order chi connectivity index (χ1) is 9.66. The average molecular weight is 268 g/mol. The van der Waals surface area contributed by atoms with E-state index in [4.69, 9.17) is 0 Å². The fraction of sp³-hybridized carbons (Fsp3) is 0.250. The second-order valence-electron chi connectivity index (χ2n) is 5.13. The van der Waals surface area contributed by atoms with Crippen LogP contribution in [-0.2, 0) is 13.0 Å². The zero-order chi connectivity index (χ0) is 14.1. The van der Waals surface area contributed by atoms with Crippen LogP contribution in [0.5, 0.6) is 5.75 Å². The van der Waals surface area contributed by atoms with Gasteiger partial charge in [-0.05, 0) is 36.6 Å². The lowest BCUT2D eigenvalue weighted by Crippen LogP contribution is -2.42. The molecule has 4 nitrogen and oxygen atoms in total. The van der Waals surface area contributed by atoms with Gasteiger partial charge in [-0.1, -0.05) is 24.3 Å². The molecule has 2 heterocycles. The van der Waals surface area contributed by atoms with E-state index in [0.29, 0.717) is 6.54 Å². The standard InChI is InChI=1S/C16H16N2O2/c1-11-9-12-5-2-3-6-13(12)10-18(11)16(20)15-14(19)7-4-8-17-15/h2-8,11,19H,9-10H2,1H3/t11-/m0/s1. The van der Waals surface area contributed by atoms with Crippen molar-refractivity contribution in [3.05, 3.63) is 59.4 Å². The molecule has 1 aromatic heterocycles. The molecule has 1 amide bonds. The Morgan fingerprint density at radius 2 is 2.00 bits per heavy atom. The first kappa shape index (κ1) is 12.7. The lowest BCUT2D eigenvalue weighted by Gasteiger charge is -2.34. The molecule has 4 heteroatoms. The summed E-state index contributed by atoms with van der Waals surface area (Å²) < 4.78 is 0. The van der Waals surface area contributed by atoms with Gasteiger partial charge in [0.1, 0.15) is 5.75 Å². The third kappa shape index (κ3) is 2.13. The van der Waals surface area contributed by atoms with E-state index in [2.05, 4.69) is 11.1 Å². The summed E-state index contributed by atoms with van der Waals surface area (Å²) >= 11 is 0. The lowest BCUT2D eigenvalue weighted by molar-refractivity contribution is 0.0648. The minimum Gasteiger partial charge on any atom is -0.505 e. The van der Waals surface area contributed by atoms with Crippen molar-refractivity contribution in [2.75, 3.05) is 0 Å². The van der Waals surface area contributed by atoms with Crippen LogP contribution in [0, 0.1) is 0 Å². The summed E-state index contributed by atoms with van der Waals surface area (Å²) in [5.41, 5.74) is 2.57. The Morgan fingerprint density at radius 1 is 1.25 bits per heavy atom. The third-order valence-electron chi connectivity index (χ3n) is 3.76. The van der Waals surface area contributed by atoms with Crippen LogP contribution < -0.4 is 0 Å². The monoisotopic (exact) mass is 268 g/mol. The Bertz CT molecular complexity index is 654. The highest BCUT2D eigenvalue weighted by Gasteiger charge is 2.29. The van der Waals surface area contributed by atoms with Crippen molar-refractivity contribution in [2.45, 2.75) is 25.9 Å². The molecule has 102 valence electrons. The molecule has 3 rings (SSSR count). The number of amides is 1. The summed E-state index contributed by atoms with van der Waals surface area (Å²) in [4.78, 5) is 18.3. The van der Waals surface area contributed by atoms with Gasteiger partial charge in [0.25, 0.3) is 5.91 Å². The molecule has 0 radical (unpaired) electrons. The summed E-state index contributed by atoms with van der Waals surface area (Å²) in [6.45, 7) is 2.58. The number of aromatic hydroxyl groups is 1. The van der Waals surface area contributed by atoms with Gasteiger partial charge in [-0.3, -0.25) is 4.79 Å². The van der Waals surface area contributed by atoms with Crippen LogP contribution in [0.4, 0.5) is 0 Å². The van der Waals surface area contributed by atoms with Crippen molar-refractivity contribution in [1.82, 2.24) is 9.88 Å². The van der Waals surface area contributed by atoms with Crippen LogP contribution in [0.1, 0.15) is 28.5 Å². The number of fused-ring (bicyclic) bond motifs is 1. The zero-order valence-electron chi connectivity index (χ0n) is 11.3. The predicted octanol–water partition coefficient (Wildman–Crippen LogP) is 2.37. The van der Waals surface area contributed by atoms with Crippen molar-refractivity contribution >= 4 is 5.91 Å². The van der Waals surface area contributed by atoms with Crippen molar-refractivity contribution < 1.29 is 9.90 Å². The first-order valence-corrected chi connectivity index (χ1v) is 6.68. The molecule has 1 aliphatic rings. The van der Waals surface area contributed by atoms with E-state index in [1.54, 1.807) is 11.0 Å². The molecule has 0 saturated heterocycles. The molecule has 0 bridgehead atoms. The summed E-state index contributed by atoms with van der Waals surface area (Å²) in [6, 6.07) is 11.3. The summed E-state index contributed by atoms with van der Waals surface area (Å²) in [5, 5.41) is 9.78. The van der Waals surface area contributed by atoms with E-state index in [9.17, 15) is 9.90 Å². The number of carbonyl (C=O) groups excluding carboxylic acids is 1. The molecule has 1 N–H and O–H groups in total. The topological polar surface area (TPSA) is 53.4 Å². The van der Waals surface area contributed by atoms with Crippen molar-refractivity contribution in [3.8, 4) is 5.75 Å². The summed E-state index contributed by atoms with van der Waals surface area (Å²) in [5.74, 6) is -0.284. The number of hydrogen-bond acceptors (Lipinski definition) is 3. The highest BCUT2D eigenvalue weighted by Crippen LogP contribution is 2.26.